The van der Waals surface area contributed by atoms with Gasteiger partial charge in [-0.3, -0.25) is 0 Å². The summed E-state index contributed by atoms with van der Waals surface area (Å²) in [6.45, 7) is 2.31. The first kappa shape index (κ1) is 7.94. The van der Waals surface area contributed by atoms with Crippen molar-refractivity contribution in [3.63, 3.8) is 0 Å². The van der Waals surface area contributed by atoms with E-state index in [0.717, 1.165) is 0 Å². The normalized spacial score (nSPS) is 8.90. The summed E-state index contributed by atoms with van der Waals surface area (Å²) < 4.78 is 0. The molecule has 0 heterocycles. The van der Waals surface area contributed by atoms with Crippen LogP contribution in [0.3, 0.4) is 0 Å². The molecule has 0 saturated carbocycles. The van der Waals surface area contributed by atoms with E-state index in [4.69, 9.17) is 0 Å². The molecule has 10 heavy (non-hydrogen) atoms. The first-order valence-corrected chi connectivity index (χ1v) is 8.17. The molecular formula is C9H12Zn. The van der Waals surface area contributed by atoms with Crippen molar-refractivity contribution in [3.8, 4) is 0 Å². The second-order valence-electron chi connectivity index (χ2n) is 2.59. The molecule has 0 radical (unpaired) electrons. The van der Waals surface area contributed by atoms with E-state index in [0.29, 0.717) is 0 Å². The van der Waals surface area contributed by atoms with Crippen LogP contribution in [0.5, 0.6) is 0 Å². The zero-order chi connectivity index (χ0) is 7.23. The molecule has 0 nitrogen and oxygen atoms in total. The molecule has 0 spiro atoms. The fourth-order valence-electron chi connectivity index (χ4n) is 1.03. The average molecular weight is 186 g/mol. The summed E-state index contributed by atoms with van der Waals surface area (Å²) in [5, 5.41) is 2.90. The summed E-state index contributed by atoms with van der Waals surface area (Å²) in [6, 6.07) is 10.8. The van der Waals surface area contributed by atoms with Crippen molar-refractivity contribution in [2.24, 2.45) is 0 Å². The topological polar surface area (TPSA) is 0 Å². The van der Waals surface area contributed by atoms with Gasteiger partial charge in [-0.2, -0.15) is 0 Å². The SMILES string of the molecule is C[CH2][Zn][CH2]c1ccccc1. The van der Waals surface area contributed by atoms with Crippen molar-refractivity contribution in [2.45, 2.75) is 17.0 Å². The number of hydrogen-bond acceptors (Lipinski definition) is 0. The van der Waals surface area contributed by atoms with Crippen molar-refractivity contribution in [3.05, 3.63) is 35.9 Å². The Bertz CT molecular complexity index is 169. The minimum atomic E-state index is -0.157. The summed E-state index contributed by atoms with van der Waals surface area (Å²) in [7, 11) is 0. The van der Waals surface area contributed by atoms with Gasteiger partial charge in [-0.15, -0.1) is 0 Å². The van der Waals surface area contributed by atoms with E-state index in [1.807, 2.05) is 0 Å². The van der Waals surface area contributed by atoms with Crippen molar-refractivity contribution in [2.75, 3.05) is 0 Å². The number of rotatable bonds is 3. The van der Waals surface area contributed by atoms with Crippen LogP contribution in [0.1, 0.15) is 12.5 Å². The summed E-state index contributed by atoms with van der Waals surface area (Å²) in [6.07, 6.45) is 0. The molecule has 0 aliphatic carbocycles. The van der Waals surface area contributed by atoms with Crippen molar-refractivity contribution in [1.82, 2.24) is 0 Å². The zero-order valence-corrected chi connectivity index (χ0v) is 9.48. The van der Waals surface area contributed by atoms with E-state index in [1.165, 1.54) is 10.0 Å². The van der Waals surface area contributed by atoms with Crippen LogP contribution >= 0.6 is 0 Å². The second kappa shape index (κ2) is 4.63. The molecule has 0 aromatic heterocycles. The molecule has 0 N–H and O–H groups in total. The molecule has 0 bridgehead atoms. The number of benzene rings is 1. The molecule has 1 heteroatoms. The van der Waals surface area contributed by atoms with Gasteiger partial charge in [0.15, 0.2) is 0 Å². The second-order valence-corrected chi connectivity index (χ2v) is 7.22. The van der Waals surface area contributed by atoms with Crippen molar-refractivity contribution >= 4 is 0 Å². The standard InChI is InChI=1S/C7H7.C2H5.Zn/c1-7-5-3-2-4-6-7;1-2;/h2-6H,1H2;1H2,2H3;. The molecule has 1 aromatic carbocycles. The van der Waals surface area contributed by atoms with E-state index < -0.39 is 0 Å². The third kappa shape index (κ3) is 2.62. The number of hydrogen-bond donors (Lipinski definition) is 0. The van der Waals surface area contributed by atoms with Crippen LogP contribution in [0.25, 0.3) is 0 Å². The summed E-state index contributed by atoms with van der Waals surface area (Å²) in [4.78, 5) is 0. The molecule has 0 unspecified atom stereocenters. The Labute approximate surface area is 70.2 Å². The van der Waals surface area contributed by atoms with Gasteiger partial charge >= 0.3 is 70.0 Å². The van der Waals surface area contributed by atoms with Gasteiger partial charge in [-0.25, -0.2) is 0 Å². The monoisotopic (exact) mass is 184 g/mol. The van der Waals surface area contributed by atoms with Gasteiger partial charge in [0.05, 0.1) is 0 Å². The van der Waals surface area contributed by atoms with Crippen LogP contribution in [-0.2, 0) is 22.1 Å². The first-order valence-electron chi connectivity index (χ1n) is 3.97. The molecule has 0 saturated heterocycles. The van der Waals surface area contributed by atoms with Gasteiger partial charge < -0.3 is 0 Å². The molecule has 0 amide bonds. The van der Waals surface area contributed by atoms with E-state index in [-0.39, 0.29) is 17.1 Å². The molecule has 1 rings (SSSR count). The molecule has 50 valence electrons. The summed E-state index contributed by atoms with van der Waals surface area (Å²) in [5.74, 6) is 0. The van der Waals surface area contributed by atoms with E-state index in [9.17, 15) is 0 Å². The molecule has 0 fully saturated rings. The van der Waals surface area contributed by atoms with E-state index >= 15 is 0 Å². The van der Waals surface area contributed by atoms with Gasteiger partial charge in [-0.05, 0) is 0 Å². The van der Waals surface area contributed by atoms with Gasteiger partial charge in [0.25, 0.3) is 0 Å². The van der Waals surface area contributed by atoms with Crippen LogP contribution in [0.2, 0.25) is 5.02 Å². The molecule has 1 aromatic rings. The Morgan fingerprint density at radius 1 is 1.20 bits per heavy atom. The van der Waals surface area contributed by atoms with Gasteiger partial charge in [0, 0.05) is 0 Å². The Balaban J connectivity index is 2.43. The minimum absolute atomic E-state index is 0.157. The van der Waals surface area contributed by atoms with Crippen molar-refractivity contribution < 1.29 is 17.1 Å². The fraction of sp³-hybridized carbons (Fsp3) is 0.333. The Hall–Kier alpha value is -0.157. The quantitative estimate of drug-likeness (QED) is 0.636. The average Bonchev–Trinajstić information content (AvgIpc) is 2.03. The predicted octanol–water partition coefficient (Wildman–Crippen LogP) is 2.71. The molecule has 0 aliphatic rings. The maximum atomic E-state index is 2.31. The zero-order valence-electron chi connectivity index (χ0n) is 6.51. The summed E-state index contributed by atoms with van der Waals surface area (Å²) >= 11 is -0.157. The van der Waals surface area contributed by atoms with Gasteiger partial charge in [-0.1, -0.05) is 0 Å². The van der Waals surface area contributed by atoms with Crippen LogP contribution in [0.15, 0.2) is 30.3 Å². The Morgan fingerprint density at radius 3 is 2.50 bits per heavy atom. The van der Waals surface area contributed by atoms with Crippen LogP contribution in [-0.4, -0.2) is 0 Å². The van der Waals surface area contributed by atoms with Gasteiger partial charge in [0.2, 0.25) is 0 Å². The maximum absolute atomic E-state index is 2.31. The molecule has 0 atom stereocenters. The van der Waals surface area contributed by atoms with Crippen LogP contribution in [0, 0.1) is 0 Å². The van der Waals surface area contributed by atoms with Crippen molar-refractivity contribution in [1.29, 1.82) is 0 Å². The summed E-state index contributed by atoms with van der Waals surface area (Å²) in [5.41, 5.74) is 1.55. The van der Waals surface area contributed by atoms with Crippen LogP contribution in [0.4, 0.5) is 0 Å². The van der Waals surface area contributed by atoms with Gasteiger partial charge in [0.1, 0.15) is 0 Å². The third-order valence-corrected chi connectivity index (χ3v) is 5.10. The van der Waals surface area contributed by atoms with Crippen LogP contribution < -0.4 is 0 Å². The molecule has 0 aliphatic heterocycles. The molecular weight excluding hydrogens is 173 g/mol. The Kier molecular flexibility index (Phi) is 3.68. The Morgan fingerprint density at radius 2 is 1.90 bits per heavy atom. The fourth-order valence-corrected chi connectivity index (χ4v) is 3.32. The third-order valence-electron chi connectivity index (χ3n) is 1.66. The predicted molar refractivity (Wildman–Crippen MR) is 40.6 cm³/mol. The van der Waals surface area contributed by atoms with E-state index in [1.54, 1.807) is 5.56 Å². The van der Waals surface area contributed by atoms with E-state index in [2.05, 4.69) is 37.3 Å². The first-order chi connectivity index (χ1) is 4.93.